The molecule has 0 aromatic heterocycles. The number of hydrogen-bond acceptors (Lipinski definition) is 1. The third kappa shape index (κ3) is 2.37. The first-order chi connectivity index (χ1) is 11.1. The van der Waals surface area contributed by atoms with Crippen molar-refractivity contribution in [2.24, 2.45) is 0 Å². The molecule has 23 heavy (non-hydrogen) atoms. The summed E-state index contributed by atoms with van der Waals surface area (Å²) in [6.45, 7) is 1.89. The van der Waals surface area contributed by atoms with Gasteiger partial charge in [0.05, 0.1) is 0 Å². The summed E-state index contributed by atoms with van der Waals surface area (Å²) in [6, 6.07) is 30.9. The van der Waals surface area contributed by atoms with Gasteiger partial charge in [0, 0.05) is 0 Å². The molecule has 0 saturated heterocycles. The Morgan fingerprint density at radius 3 is 1.13 bits per heavy atom. The van der Waals surface area contributed by atoms with Crippen molar-refractivity contribution in [1.29, 1.82) is 0 Å². The molecule has 0 heterocycles. The number of halogens is 1. The van der Waals surface area contributed by atoms with Gasteiger partial charge in [-0.25, -0.2) is 0 Å². The van der Waals surface area contributed by atoms with Crippen LogP contribution < -0.4 is 15.9 Å². The van der Waals surface area contributed by atoms with Crippen LogP contribution in [-0.4, -0.2) is 11.0 Å². The average Bonchev–Trinajstić information content (AvgIpc) is 2.63. The fourth-order valence-corrected chi connectivity index (χ4v) is 9.83. The van der Waals surface area contributed by atoms with Crippen molar-refractivity contribution in [3.8, 4) is 0 Å². The first-order valence-electron chi connectivity index (χ1n) is 7.67. The van der Waals surface area contributed by atoms with Gasteiger partial charge in [-0.05, 0) is 0 Å². The molecule has 1 unspecified atom stereocenters. The van der Waals surface area contributed by atoms with Crippen molar-refractivity contribution in [3.63, 3.8) is 0 Å². The van der Waals surface area contributed by atoms with Crippen LogP contribution in [0.15, 0.2) is 91.0 Å². The van der Waals surface area contributed by atoms with E-state index < -0.39 is 11.2 Å². The molecule has 118 valence electrons. The Balaban J connectivity index is 2.47. The molecule has 0 spiro atoms. The average molecular weight is 387 g/mol. The number of hydrogen-bond donors (Lipinski definition) is 1. The van der Waals surface area contributed by atoms with Crippen molar-refractivity contribution < 1.29 is 5.11 Å². The van der Waals surface area contributed by atoms with E-state index in [1.165, 1.54) is 0 Å². The number of aliphatic hydroxyl groups is 1. The molecule has 3 heteroatoms. The van der Waals surface area contributed by atoms with Crippen LogP contribution in [0.2, 0.25) is 0 Å². The van der Waals surface area contributed by atoms with Gasteiger partial charge < -0.3 is 0 Å². The Morgan fingerprint density at radius 2 is 0.913 bits per heavy atom. The molecule has 3 aromatic rings. The van der Waals surface area contributed by atoms with E-state index >= 15 is 0 Å². The van der Waals surface area contributed by atoms with Gasteiger partial charge in [-0.2, -0.15) is 0 Å². The van der Waals surface area contributed by atoms with Crippen LogP contribution in [0.5, 0.6) is 0 Å². The molecule has 0 aliphatic carbocycles. The van der Waals surface area contributed by atoms with Crippen LogP contribution in [0, 0.1) is 0 Å². The van der Waals surface area contributed by atoms with Gasteiger partial charge in [-0.1, -0.05) is 0 Å². The third-order valence-electron chi connectivity index (χ3n) is 4.48. The van der Waals surface area contributed by atoms with Gasteiger partial charge in [0.1, 0.15) is 0 Å². The zero-order chi connectivity index (χ0) is 16.4. The number of aliphatic hydroxyl groups excluding tert-OH is 1. The molecule has 1 N–H and O–H groups in total. The van der Waals surface area contributed by atoms with Gasteiger partial charge in [0.25, 0.3) is 0 Å². The van der Waals surface area contributed by atoms with E-state index in [1.54, 1.807) is 0 Å². The summed E-state index contributed by atoms with van der Waals surface area (Å²) in [5.41, 5.74) is 0. The molecule has 0 aliphatic heterocycles. The summed E-state index contributed by atoms with van der Waals surface area (Å²) in [5, 5.41) is 11.3. The zero-order valence-electron chi connectivity index (χ0n) is 13.0. The molecule has 1 atom stereocenters. The Bertz CT molecular complexity index is 673. The quantitative estimate of drug-likeness (QED) is 0.667. The van der Waals surface area contributed by atoms with Crippen LogP contribution >= 0.6 is 20.8 Å². The van der Waals surface area contributed by atoms with Crippen molar-refractivity contribution in [1.82, 2.24) is 0 Å². The molecule has 1 nitrogen and oxygen atoms in total. The first kappa shape index (κ1) is 16.4. The topological polar surface area (TPSA) is 20.2 Å². The predicted octanol–water partition coefficient (Wildman–Crippen LogP) is 4.16. The SMILES string of the molecule is CC(O)P(Br)(c1ccccc1)(c1ccccc1)c1ccccc1. The van der Waals surface area contributed by atoms with Gasteiger partial charge >= 0.3 is 146 Å². The molecule has 0 aliphatic rings. The fourth-order valence-electron chi connectivity index (χ4n) is 3.25. The summed E-state index contributed by atoms with van der Waals surface area (Å²) < 4.78 is 0. The minimum atomic E-state index is -3.14. The molecular formula is C20H20BrOP. The molecule has 3 rings (SSSR count). The molecular weight excluding hydrogens is 367 g/mol. The maximum atomic E-state index is 11.1. The standard InChI is InChI=1S/C20H20BrOP/c1-17(22)23(21,18-11-5-2-6-12-18,19-13-7-3-8-14-19)20-15-9-4-10-16-20/h2-17,22H,1H3. The molecule has 0 radical (unpaired) electrons. The maximum absolute atomic E-state index is 11.1. The van der Waals surface area contributed by atoms with Crippen LogP contribution in [0.1, 0.15) is 6.92 Å². The Hall–Kier alpha value is -1.47. The van der Waals surface area contributed by atoms with Crippen molar-refractivity contribution >= 4 is 36.7 Å². The van der Waals surface area contributed by atoms with Crippen molar-refractivity contribution in [3.05, 3.63) is 91.0 Å². The van der Waals surface area contributed by atoms with Crippen molar-refractivity contribution in [2.45, 2.75) is 12.8 Å². The normalized spacial score (nSPS) is 14.7. The van der Waals surface area contributed by atoms with Gasteiger partial charge in [0.2, 0.25) is 0 Å². The van der Waals surface area contributed by atoms with E-state index in [0.717, 1.165) is 15.9 Å². The van der Waals surface area contributed by atoms with Crippen LogP contribution in [0.4, 0.5) is 0 Å². The molecule has 0 saturated carbocycles. The molecule has 3 aromatic carbocycles. The first-order valence-corrected chi connectivity index (χ1v) is 12.0. The molecule has 0 bridgehead atoms. The number of rotatable bonds is 4. The van der Waals surface area contributed by atoms with Gasteiger partial charge in [-0.3, -0.25) is 0 Å². The van der Waals surface area contributed by atoms with Crippen LogP contribution in [0.3, 0.4) is 0 Å². The predicted molar refractivity (Wildman–Crippen MR) is 106 cm³/mol. The van der Waals surface area contributed by atoms with E-state index in [2.05, 4.69) is 51.9 Å². The summed E-state index contributed by atoms with van der Waals surface area (Å²) in [5.74, 6) is -0.562. The Morgan fingerprint density at radius 1 is 0.652 bits per heavy atom. The fraction of sp³-hybridized carbons (Fsp3) is 0.100. The van der Waals surface area contributed by atoms with Crippen LogP contribution in [0.25, 0.3) is 0 Å². The van der Waals surface area contributed by atoms with Crippen molar-refractivity contribution in [2.75, 3.05) is 0 Å². The second kappa shape index (κ2) is 6.20. The summed E-state index contributed by atoms with van der Waals surface area (Å²) >= 11 is 4.16. The summed E-state index contributed by atoms with van der Waals surface area (Å²) in [7, 11) is 0. The summed E-state index contributed by atoms with van der Waals surface area (Å²) in [4.78, 5) is 0. The van der Waals surface area contributed by atoms with Gasteiger partial charge in [-0.15, -0.1) is 0 Å². The van der Waals surface area contributed by atoms with Crippen LogP contribution in [-0.2, 0) is 0 Å². The van der Waals surface area contributed by atoms with E-state index in [9.17, 15) is 5.11 Å². The molecule has 0 fully saturated rings. The van der Waals surface area contributed by atoms with E-state index in [0.29, 0.717) is 0 Å². The zero-order valence-corrected chi connectivity index (χ0v) is 15.5. The van der Waals surface area contributed by atoms with E-state index in [1.807, 2.05) is 61.5 Å². The van der Waals surface area contributed by atoms with E-state index in [-0.39, 0.29) is 0 Å². The monoisotopic (exact) mass is 386 g/mol. The Labute approximate surface area is 145 Å². The minimum absolute atomic E-state index is 0.562. The number of benzene rings is 3. The molecule has 0 amide bonds. The second-order valence-corrected chi connectivity index (χ2v) is 14.6. The summed E-state index contributed by atoms with van der Waals surface area (Å²) in [6.07, 6.45) is 0. The Kier molecular flexibility index (Phi) is 4.42. The van der Waals surface area contributed by atoms with Gasteiger partial charge in [0.15, 0.2) is 0 Å². The van der Waals surface area contributed by atoms with E-state index in [4.69, 9.17) is 0 Å². The second-order valence-electron chi connectivity index (χ2n) is 5.71. The third-order valence-corrected chi connectivity index (χ3v) is 15.3.